The summed E-state index contributed by atoms with van der Waals surface area (Å²) in [6.45, 7) is 1.25. The molecule has 1 aliphatic heterocycles. The van der Waals surface area contributed by atoms with Gasteiger partial charge >= 0.3 is 0 Å². The number of rotatable bonds is 6. The number of amides is 1. The van der Waals surface area contributed by atoms with E-state index in [1.807, 2.05) is 60.7 Å². The lowest BCUT2D eigenvalue weighted by Crippen LogP contribution is -2.38. The van der Waals surface area contributed by atoms with Crippen LogP contribution in [0.25, 0.3) is 15.9 Å². The van der Waals surface area contributed by atoms with Gasteiger partial charge < -0.3 is 4.74 Å². The van der Waals surface area contributed by atoms with E-state index >= 15 is 0 Å². The fourth-order valence-electron chi connectivity index (χ4n) is 4.25. The Kier molecular flexibility index (Phi) is 5.00. The molecule has 0 radical (unpaired) electrons. The molecule has 1 atom stereocenters. The van der Waals surface area contributed by atoms with E-state index in [1.54, 1.807) is 20.9 Å². The van der Waals surface area contributed by atoms with Crippen molar-refractivity contribution < 1.29 is 9.53 Å². The predicted molar refractivity (Wildman–Crippen MR) is 126 cm³/mol. The second-order valence-corrected chi connectivity index (χ2v) is 9.50. The summed E-state index contributed by atoms with van der Waals surface area (Å²) in [7, 11) is 0. The first-order chi connectivity index (χ1) is 15.8. The minimum absolute atomic E-state index is 0.0296. The largest absolute Gasteiger partial charge is 0.376 e. The lowest BCUT2D eigenvalue weighted by atomic mass is 10.2. The summed E-state index contributed by atoms with van der Waals surface area (Å²) >= 11 is 1.55. The average molecular weight is 445 g/mol. The molecule has 7 heteroatoms. The van der Waals surface area contributed by atoms with Crippen LogP contribution in [0.3, 0.4) is 0 Å². The molecule has 2 aliphatic rings. The Morgan fingerprint density at radius 2 is 1.91 bits per heavy atom. The minimum Gasteiger partial charge on any atom is -0.376 e. The number of hydrogen-bond donors (Lipinski definition) is 0. The molecule has 32 heavy (non-hydrogen) atoms. The number of carbonyl (C=O) groups excluding carboxylic acids is 1. The summed E-state index contributed by atoms with van der Waals surface area (Å²) < 4.78 is 8.76. The maximum atomic E-state index is 14.0. The molecule has 1 saturated carbocycles. The number of ether oxygens (including phenoxy) is 1. The molecular weight excluding hydrogens is 420 g/mol. The first kappa shape index (κ1) is 19.6. The van der Waals surface area contributed by atoms with Crippen LogP contribution in [0, 0.1) is 0 Å². The second kappa shape index (κ2) is 8.15. The number of thiazole rings is 1. The van der Waals surface area contributed by atoms with Gasteiger partial charge in [-0.1, -0.05) is 41.7 Å². The Balaban J connectivity index is 1.43. The lowest BCUT2D eigenvalue weighted by molar-refractivity contribution is 0.0911. The van der Waals surface area contributed by atoms with Crippen LogP contribution in [0.1, 0.15) is 47.8 Å². The molecule has 162 valence electrons. The van der Waals surface area contributed by atoms with Crippen LogP contribution in [0.15, 0.2) is 60.7 Å². The van der Waals surface area contributed by atoms with Crippen molar-refractivity contribution in [2.75, 3.05) is 18.1 Å². The third-order valence-corrected chi connectivity index (χ3v) is 7.17. The molecule has 0 unspecified atom stereocenters. The molecule has 0 N–H and O–H groups in total. The summed E-state index contributed by atoms with van der Waals surface area (Å²) in [5.41, 5.74) is 3.38. The van der Waals surface area contributed by atoms with E-state index in [0.29, 0.717) is 23.3 Å². The number of carbonyl (C=O) groups is 1. The number of benzene rings is 2. The molecule has 1 aliphatic carbocycles. The zero-order valence-corrected chi connectivity index (χ0v) is 18.5. The summed E-state index contributed by atoms with van der Waals surface area (Å²) in [6, 6.07) is 19.9. The fraction of sp³-hybridized carbons (Fsp3) is 0.320. The topological polar surface area (TPSA) is 60.2 Å². The van der Waals surface area contributed by atoms with Gasteiger partial charge in [0.05, 0.1) is 34.2 Å². The van der Waals surface area contributed by atoms with Crippen LogP contribution < -0.4 is 4.90 Å². The van der Waals surface area contributed by atoms with Crippen molar-refractivity contribution in [3.63, 3.8) is 0 Å². The Morgan fingerprint density at radius 1 is 1.09 bits per heavy atom. The first-order valence-corrected chi connectivity index (χ1v) is 12.0. The normalized spacial score (nSPS) is 18.3. The maximum absolute atomic E-state index is 14.0. The summed E-state index contributed by atoms with van der Waals surface area (Å²) in [4.78, 5) is 20.6. The van der Waals surface area contributed by atoms with Crippen LogP contribution in [0.2, 0.25) is 0 Å². The first-order valence-electron chi connectivity index (χ1n) is 11.2. The average Bonchev–Trinajstić information content (AvgIpc) is 3.23. The Bertz CT molecular complexity index is 1220. The highest BCUT2D eigenvalue weighted by molar-refractivity contribution is 7.22. The zero-order valence-electron chi connectivity index (χ0n) is 17.7. The van der Waals surface area contributed by atoms with Crippen molar-refractivity contribution in [3.05, 3.63) is 72.1 Å². The van der Waals surface area contributed by atoms with Gasteiger partial charge in [0.25, 0.3) is 5.91 Å². The predicted octanol–water partition coefficient (Wildman–Crippen LogP) is 5.19. The molecule has 0 bridgehead atoms. The van der Waals surface area contributed by atoms with Gasteiger partial charge in [0.2, 0.25) is 0 Å². The number of anilines is 1. The number of aromatic nitrogens is 3. The van der Waals surface area contributed by atoms with Crippen molar-refractivity contribution in [1.82, 2.24) is 14.8 Å². The standard InChI is InChI=1S/C25H24N4O2S/c30-24(22-15-21(17-12-13-17)27-29(22)18-7-2-1-3-8-18)28(16-19-9-6-14-31-19)25-26-20-10-4-5-11-23(20)32-25/h1-5,7-8,10-11,15,17,19H,6,9,12-14,16H2/t19-/m0/s1. The molecule has 2 fully saturated rings. The van der Waals surface area contributed by atoms with Gasteiger partial charge in [0, 0.05) is 12.5 Å². The molecule has 3 heterocycles. The molecular formula is C25H24N4O2S. The van der Waals surface area contributed by atoms with E-state index in [0.717, 1.165) is 53.9 Å². The van der Waals surface area contributed by atoms with Crippen LogP contribution >= 0.6 is 11.3 Å². The molecule has 6 rings (SSSR count). The Labute approximate surface area is 190 Å². The number of nitrogens with zero attached hydrogens (tertiary/aromatic N) is 4. The molecule has 2 aromatic carbocycles. The van der Waals surface area contributed by atoms with Crippen LogP contribution in [-0.2, 0) is 4.74 Å². The second-order valence-electron chi connectivity index (χ2n) is 8.49. The van der Waals surface area contributed by atoms with Gasteiger partial charge in [0.1, 0.15) is 5.69 Å². The molecule has 6 nitrogen and oxygen atoms in total. The van der Waals surface area contributed by atoms with Crippen molar-refractivity contribution in [2.45, 2.75) is 37.7 Å². The third kappa shape index (κ3) is 3.72. The quantitative estimate of drug-likeness (QED) is 0.411. The number of fused-ring (bicyclic) bond motifs is 1. The van der Waals surface area contributed by atoms with E-state index in [4.69, 9.17) is 14.8 Å². The van der Waals surface area contributed by atoms with Crippen LogP contribution in [0.5, 0.6) is 0 Å². The van der Waals surface area contributed by atoms with Gasteiger partial charge in [-0.25, -0.2) is 9.67 Å². The highest BCUT2D eigenvalue weighted by Gasteiger charge is 2.33. The van der Waals surface area contributed by atoms with E-state index in [2.05, 4.69) is 0 Å². The highest BCUT2D eigenvalue weighted by atomic mass is 32.1. The smallest absolute Gasteiger partial charge is 0.278 e. The number of para-hydroxylation sites is 2. The monoisotopic (exact) mass is 444 g/mol. The molecule has 1 saturated heterocycles. The lowest BCUT2D eigenvalue weighted by Gasteiger charge is -2.23. The van der Waals surface area contributed by atoms with Gasteiger partial charge in [-0.15, -0.1) is 0 Å². The third-order valence-electron chi connectivity index (χ3n) is 6.11. The number of hydrogen-bond acceptors (Lipinski definition) is 5. The molecule has 4 aromatic rings. The Morgan fingerprint density at radius 3 is 2.66 bits per heavy atom. The SMILES string of the molecule is O=C(c1cc(C2CC2)nn1-c1ccccc1)N(C[C@@H]1CCCO1)c1nc2ccccc2s1. The van der Waals surface area contributed by atoms with Crippen molar-refractivity contribution in [2.24, 2.45) is 0 Å². The summed E-state index contributed by atoms with van der Waals surface area (Å²) in [5.74, 6) is 0.378. The van der Waals surface area contributed by atoms with Crippen molar-refractivity contribution in [3.8, 4) is 5.69 Å². The summed E-state index contributed by atoms with van der Waals surface area (Å²) in [5, 5.41) is 5.54. The molecule has 2 aromatic heterocycles. The maximum Gasteiger partial charge on any atom is 0.278 e. The van der Waals surface area contributed by atoms with Crippen LogP contribution in [-0.4, -0.2) is 39.9 Å². The van der Waals surface area contributed by atoms with E-state index < -0.39 is 0 Å². The Hall–Kier alpha value is -3.03. The van der Waals surface area contributed by atoms with Gasteiger partial charge in [0.15, 0.2) is 5.13 Å². The zero-order chi connectivity index (χ0) is 21.5. The van der Waals surface area contributed by atoms with E-state index in [1.165, 1.54) is 0 Å². The van der Waals surface area contributed by atoms with E-state index in [-0.39, 0.29) is 12.0 Å². The fourth-order valence-corrected chi connectivity index (χ4v) is 5.22. The van der Waals surface area contributed by atoms with Crippen molar-refractivity contribution in [1.29, 1.82) is 0 Å². The summed E-state index contributed by atoms with van der Waals surface area (Å²) in [6.07, 6.45) is 4.29. The molecule has 0 spiro atoms. The van der Waals surface area contributed by atoms with E-state index in [9.17, 15) is 4.79 Å². The van der Waals surface area contributed by atoms with Gasteiger partial charge in [-0.05, 0) is 56.0 Å². The van der Waals surface area contributed by atoms with Gasteiger partial charge in [-0.2, -0.15) is 5.10 Å². The minimum atomic E-state index is -0.0807. The highest BCUT2D eigenvalue weighted by Crippen LogP contribution is 2.40. The van der Waals surface area contributed by atoms with Gasteiger partial charge in [-0.3, -0.25) is 9.69 Å². The van der Waals surface area contributed by atoms with Crippen LogP contribution in [0.4, 0.5) is 5.13 Å². The van der Waals surface area contributed by atoms with Crippen molar-refractivity contribution >= 4 is 32.6 Å². The molecule has 1 amide bonds.